The summed E-state index contributed by atoms with van der Waals surface area (Å²) in [6.07, 6.45) is 5.02. The zero-order valence-corrected chi connectivity index (χ0v) is 12.1. The lowest BCUT2D eigenvalue weighted by Crippen LogP contribution is -1.99. The molecule has 4 nitrogen and oxygen atoms in total. The number of rotatable bonds is 5. The first-order chi connectivity index (χ1) is 10.3. The molecule has 0 atom stereocenters. The van der Waals surface area contributed by atoms with Crippen LogP contribution in [0.3, 0.4) is 0 Å². The summed E-state index contributed by atoms with van der Waals surface area (Å²) in [6.45, 7) is 3.33. The van der Waals surface area contributed by atoms with E-state index in [-0.39, 0.29) is 0 Å². The second-order valence-corrected chi connectivity index (χ2v) is 4.97. The Morgan fingerprint density at radius 3 is 2.71 bits per heavy atom. The molecule has 2 aromatic heterocycles. The van der Waals surface area contributed by atoms with Crippen LogP contribution in [0, 0.1) is 0 Å². The minimum absolute atomic E-state index is 0.491. The summed E-state index contributed by atoms with van der Waals surface area (Å²) in [4.78, 5) is 4.69. The van der Waals surface area contributed by atoms with Gasteiger partial charge in [-0.25, -0.2) is 4.98 Å². The van der Waals surface area contributed by atoms with Gasteiger partial charge in [-0.05, 0) is 36.8 Å². The normalized spacial score (nSPS) is 11.0. The van der Waals surface area contributed by atoms with E-state index in [0.717, 1.165) is 41.2 Å². The molecule has 0 aliphatic heterocycles. The fourth-order valence-corrected chi connectivity index (χ4v) is 2.31. The van der Waals surface area contributed by atoms with Gasteiger partial charge in [-0.2, -0.15) is 0 Å². The number of ether oxygens (including phenoxy) is 1. The Morgan fingerprint density at radius 2 is 2.00 bits per heavy atom. The molecule has 0 radical (unpaired) electrons. The van der Waals surface area contributed by atoms with Crippen LogP contribution < -0.4 is 10.5 Å². The van der Waals surface area contributed by atoms with Gasteiger partial charge in [0.1, 0.15) is 11.4 Å². The van der Waals surface area contributed by atoms with Crippen LogP contribution >= 0.6 is 0 Å². The number of pyridine rings is 1. The summed E-state index contributed by atoms with van der Waals surface area (Å²) in [5.74, 6) is 0.895. The van der Waals surface area contributed by atoms with Crippen LogP contribution in [-0.2, 0) is 6.54 Å². The predicted molar refractivity (Wildman–Crippen MR) is 84.3 cm³/mol. The smallest absolute Gasteiger partial charge is 0.141 e. The van der Waals surface area contributed by atoms with Gasteiger partial charge in [0.25, 0.3) is 0 Å². The van der Waals surface area contributed by atoms with E-state index < -0.39 is 0 Å². The molecule has 0 unspecified atom stereocenters. The SMILES string of the molecule is CCCOc1ccc(-c2cn3cccc(CN)c3n2)cc1. The standard InChI is InChI=1S/C17H19N3O/c1-2-10-21-15-7-5-13(6-8-15)16-12-20-9-3-4-14(11-18)17(20)19-16/h3-9,12H,2,10-11,18H2,1H3. The zero-order valence-electron chi connectivity index (χ0n) is 12.1. The molecule has 21 heavy (non-hydrogen) atoms. The van der Waals surface area contributed by atoms with E-state index in [4.69, 9.17) is 10.5 Å². The summed E-state index contributed by atoms with van der Waals surface area (Å²) in [5, 5.41) is 0. The van der Waals surface area contributed by atoms with Gasteiger partial charge in [0.2, 0.25) is 0 Å². The van der Waals surface area contributed by atoms with E-state index >= 15 is 0 Å². The Bertz CT molecular complexity index is 731. The first-order valence-corrected chi connectivity index (χ1v) is 7.21. The minimum Gasteiger partial charge on any atom is -0.494 e. The summed E-state index contributed by atoms with van der Waals surface area (Å²) >= 11 is 0. The van der Waals surface area contributed by atoms with Crippen molar-refractivity contribution in [1.29, 1.82) is 0 Å². The van der Waals surface area contributed by atoms with Crippen molar-refractivity contribution in [3.63, 3.8) is 0 Å². The van der Waals surface area contributed by atoms with Crippen molar-refractivity contribution in [3.05, 3.63) is 54.4 Å². The van der Waals surface area contributed by atoms with Crippen LogP contribution in [0.1, 0.15) is 18.9 Å². The number of benzene rings is 1. The monoisotopic (exact) mass is 281 g/mol. The van der Waals surface area contributed by atoms with Gasteiger partial charge in [0.15, 0.2) is 0 Å². The molecule has 3 rings (SSSR count). The molecule has 108 valence electrons. The largest absolute Gasteiger partial charge is 0.494 e. The minimum atomic E-state index is 0.491. The molecule has 2 N–H and O–H groups in total. The molecular formula is C17H19N3O. The summed E-state index contributed by atoms with van der Waals surface area (Å²) < 4.78 is 7.61. The number of imidazole rings is 1. The molecular weight excluding hydrogens is 262 g/mol. The molecule has 0 spiro atoms. The van der Waals surface area contributed by atoms with Crippen molar-refractivity contribution in [2.45, 2.75) is 19.9 Å². The van der Waals surface area contributed by atoms with Crippen LogP contribution in [-0.4, -0.2) is 16.0 Å². The van der Waals surface area contributed by atoms with Crippen LogP contribution in [0.4, 0.5) is 0 Å². The maximum absolute atomic E-state index is 5.76. The average molecular weight is 281 g/mol. The molecule has 0 aliphatic carbocycles. The average Bonchev–Trinajstić information content (AvgIpc) is 2.97. The Morgan fingerprint density at radius 1 is 1.19 bits per heavy atom. The zero-order chi connectivity index (χ0) is 14.7. The maximum Gasteiger partial charge on any atom is 0.141 e. The third kappa shape index (κ3) is 2.76. The van der Waals surface area contributed by atoms with Crippen molar-refractivity contribution in [3.8, 4) is 17.0 Å². The Hall–Kier alpha value is -2.33. The van der Waals surface area contributed by atoms with Crippen LogP contribution in [0.25, 0.3) is 16.9 Å². The molecule has 0 fully saturated rings. The number of hydrogen-bond acceptors (Lipinski definition) is 3. The van der Waals surface area contributed by atoms with Crippen molar-refractivity contribution in [2.75, 3.05) is 6.61 Å². The second kappa shape index (κ2) is 5.97. The molecule has 3 aromatic rings. The number of nitrogens with two attached hydrogens (primary N) is 1. The number of aromatic nitrogens is 2. The van der Waals surface area contributed by atoms with Gasteiger partial charge in [-0.3, -0.25) is 0 Å². The molecule has 2 heterocycles. The van der Waals surface area contributed by atoms with Crippen molar-refractivity contribution >= 4 is 5.65 Å². The number of hydrogen-bond donors (Lipinski definition) is 1. The van der Waals surface area contributed by atoms with E-state index in [1.165, 1.54) is 0 Å². The fraction of sp³-hybridized carbons (Fsp3) is 0.235. The van der Waals surface area contributed by atoms with Crippen LogP contribution in [0.5, 0.6) is 5.75 Å². The third-order valence-electron chi connectivity index (χ3n) is 3.41. The van der Waals surface area contributed by atoms with E-state index in [2.05, 4.69) is 11.9 Å². The van der Waals surface area contributed by atoms with Crippen LogP contribution in [0.2, 0.25) is 0 Å². The first kappa shape index (κ1) is 13.6. The lowest BCUT2D eigenvalue weighted by molar-refractivity contribution is 0.317. The van der Waals surface area contributed by atoms with E-state index in [9.17, 15) is 0 Å². The van der Waals surface area contributed by atoms with E-state index in [1.807, 2.05) is 53.2 Å². The number of fused-ring (bicyclic) bond motifs is 1. The highest BCUT2D eigenvalue weighted by Gasteiger charge is 2.07. The lowest BCUT2D eigenvalue weighted by Gasteiger charge is -2.04. The third-order valence-corrected chi connectivity index (χ3v) is 3.41. The predicted octanol–water partition coefficient (Wildman–Crippen LogP) is 3.25. The fourth-order valence-electron chi connectivity index (χ4n) is 2.31. The lowest BCUT2D eigenvalue weighted by atomic mass is 10.2. The van der Waals surface area contributed by atoms with E-state index in [1.54, 1.807) is 0 Å². The van der Waals surface area contributed by atoms with Gasteiger partial charge in [0.05, 0.1) is 12.3 Å². The molecule has 0 aliphatic rings. The Balaban J connectivity index is 1.93. The topological polar surface area (TPSA) is 52.5 Å². The molecule has 0 saturated carbocycles. The van der Waals surface area contributed by atoms with E-state index in [0.29, 0.717) is 6.54 Å². The van der Waals surface area contributed by atoms with Crippen molar-refractivity contribution in [2.24, 2.45) is 5.73 Å². The van der Waals surface area contributed by atoms with Crippen molar-refractivity contribution in [1.82, 2.24) is 9.38 Å². The van der Waals surface area contributed by atoms with Crippen LogP contribution in [0.15, 0.2) is 48.8 Å². The molecule has 0 bridgehead atoms. The summed E-state index contributed by atoms with van der Waals surface area (Å²) in [6, 6.07) is 12.0. The van der Waals surface area contributed by atoms with Gasteiger partial charge < -0.3 is 14.9 Å². The highest BCUT2D eigenvalue weighted by molar-refractivity contribution is 5.64. The summed E-state index contributed by atoms with van der Waals surface area (Å²) in [7, 11) is 0. The quantitative estimate of drug-likeness (QED) is 0.781. The highest BCUT2D eigenvalue weighted by atomic mass is 16.5. The molecule has 0 saturated heterocycles. The molecule has 0 amide bonds. The second-order valence-electron chi connectivity index (χ2n) is 4.97. The number of nitrogens with zero attached hydrogens (tertiary/aromatic N) is 2. The Kier molecular flexibility index (Phi) is 3.88. The Labute approximate surface area is 124 Å². The highest BCUT2D eigenvalue weighted by Crippen LogP contribution is 2.23. The van der Waals surface area contributed by atoms with Gasteiger partial charge >= 0.3 is 0 Å². The molecule has 1 aromatic carbocycles. The van der Waals surface area contributed by atoms with Crippen molar-refractivity contribution < 1.29 is 4.74 Å². The first-order valence-electron chi connectivity index (χ1n) is 7.21. The summed E-state index contributed by atoms with van der Waals surface area (Å²) in [5.41, 5.74) is 9.74. The van der Waals surface area contributed by atoms with Gasteiger partial charge in [-0.15, -0.1) is 0 Å². The van der Waals surface area contributed by atoms with Gasteiger partial charge in [-0.1, -0.05) is 13.0 Å². The maximum atomic E-state index is 5.76. The molecule has 4 heteroatoms. The van der Waals surface area contributed by atoms with Gasteiger partial charge in [0, 0.05) is 30.1 Å².